The largest absolute Gasteiger partial charge is 0.768 e. The van der Waals surface area contributed by atoms with Gasteiger partial charge >= 0.3 is 0 Å². The molecule has 84 valence electrons. The topological polar surface area (TPSA) is 67.8 Å². The SMILES string of the molecule is COc1ccc(S(=O)[O-])c(OC)c1OC. The van der Waals surface area contributed by atoms with Crippen LogP contribution >= 0.6 is 0 Å². The summed E-state index contributed by atoms with van der Waals surface area (Å²) in [7, 11) is 4.25. The van der Waals surface area contributed by atoms with Gasteiger partial charge in [-0.05, 0) is 23.2 Å². The molecule has 5 nitrogen and oxygen atoms in total. The molecule has 0 aromatic heterocycles. The molecule has 1 aromatic rings. The average Bonchev–Trinajstić information content (AvgIpc) is 2.26. The van der Waals surface area contributed by atoms with E-state index in [1.807, 2.05) is 0 Å². The van der Waals surface area contributed by atoms with Crippen LogP contribution in [0, 0.1) is 0 Å². The van der Waals surface area contributed by atoms with E-state index < -0.39 is 11.1 Å². The lowest BCUT2D eigenvalue weighted by Crippen LogP contribution is -2.00. The van der Waals surface area contributed by atoms with Crippen LogP contribution in [-0.4, -0.2) is 30.1 Å². The number of ether oxygens (including phenoxy) is 3. The van der Waals surface area contributed by atoms with Gasteiger partial charge in [0.05, 0.1) is 26.2 Å². The Kier molecular flexibility index (Phi) is 3.93. The van der Waals surface area contributed by atoms with Gasteiger partial charge in [0.2, 0.25) is 5.75 Å². The monoisotopic (exact) mass is 231 g/mol. The molecule has 0 radical (unpaired) electrons. The molecule has 1 atom stereocenters. The third-order valence-corrected chi connectivity index (χ3v) is 2.53. The quantitative estimate of drug-likeness (QED) is 0.722. The highest BCUT2D eigenvalue weighted by molar-refractivity contribution is 7.79. The minimum Gasteiger partial charge on any atom is -0.768 e. The van der Waals surface area contributed by atoms with Crippen LogP contribution in [0.5, 0.6) is 17.2 Å². The second-order valence-electron chi connectivity index (χ2n) is 2.57. The van der Waals surface area contributed by atoms with Crippen molar-refractivity contribution in [2.45, 2.75) is 4.90 Å². The van der Waals surface area contributed by atoms with E-state index >= 15 is 0 Å². The van der Waals surface area contributed by atoms with Crippen molar-refractivity contribution < 1.29 is 23.0 Å². The fourth-order valence-corrected chi connectivity index (χ4v) is 1.71. The van der Waals surface area contributed by atoms with Gasteiger partial charge in [0.1, 0.15) is 0 Å². The van der Waals surface area contributed by atoms with Gasteiger partial charge < -0.3 is 18.8 Å². The second-order valence-corrected chi connectivity index (χ2v) is 3.48. The first-order valence-electron chi connectivity index (χ1n) is 4.04. The molecule has 0 saturated carbocycles. The van der Waals surface area contributed by atoms with E-state index in [4.69, 9.17) is 14.2 Å². The first-order chi connectivity index (χ1) is 7.15. The van der Waals surface area contributed by atoms with Crippen LogP contribution in [0.2, 0.25) is 0 Å². The smallest absolute Gasteiger partial charge is 0.204 e. The highest BCUT2D eigenvalue weighted by Crippen LogP contribution is 2.40. The molecule has 1 rings (SSSR count). The summed E-state index contributed by atoms with van der Waals surface area (Å²) in [4.78, 5) is 0.0372. The summed E-state index contributed by atoms with van der Waals surface area (Å²) >= 11 is -2.37. The fourth-order valence-electron chi connectivity index (χ4n) is 1.21. The third-order valence-electron chi connectivity index (χ3n) is 1.85. The zero-order valence-electron chi connectivity index (χ0n) is 8.60. The molecule has 0 bridgehead atoms. The van der Waals surface area contributed by atoms with E-state index in [1.54, 1.807) is 0 Å². The Labute approximate surface area is 90.2 Å². The zero-order chi connectivity index (χ0) is 11.4. The lowest BCUT2D eigenvalue weighted by Gasteiger charge is -2.16. The van der Waals surface area contributed by atoms with E-state index in [9.17, 15) is 8.76 Å². The van der Waals surface area contributed by atoms with Crippen molar-refractivity contribution in [2.75, 3.05) is 21.3 Å². The molecule has 0 aliphatic carbocycles. The normalized spacial score (nSPS) is 12.0. The van der Waals surface area contributed by atoms with E-state index in [-0.39, 0.29) is 16.4 Å². The van der Waals surface area contributed by atoms with Crippen LogP contribution in [-0.2, 0) is 11.1 Å². The minimum atomic E-state index is -2.37. The number of hydrogen-bond donors (Lipinski definition) is 0. The first-order valence-corrected chi connectivity index (χ1v) is 5.11. The van der Waals surface area contributed by atoms with Gasteiger partial charge in [0.15, 0.2) is 11.5 Å². The van der Waals surface area contributed by atoms with Crippen molar-refractivity contribution in [1.29, 1.82) is 0 Å². The van der Waals surface area contributed by atoms with Crippen LogP contribution in [0.25, 0.3) is 0 Å². The van der Waals surface area contributed by atoms with Crippen LogP contribution in [0.4, 0.5) is 0 Å². The fraction of sp³-hybridized carbons (Fsp3) is 0.333. The average molecular weight is 231 g/mol. The summed E-state index contributed by atoms with van der Waals surface area (Å²) < 4.78 is 36.8. The summed E-state index contributed by atoms with van der Waals surface area (Å²) in [6.07, 6.45) is 0. The highest BCUT2D eigenvalue weighted by Gasteiger charge is 2.15. The predicted molar refractivity (Wildman–Crippen MR) is 53.3 cm³/mol. The highest BCUT2D eigenvalue weighted by atomic mass is 32.2. The molecule has 15 heavy (non-hydrogen) atoms. The Hall–Kier alpha value is -1.27. The minimum absolute atomic E-state index is 0.0372. The maximum absolute atomic E-state index is 10.9. The van der Waals surface area contributed by atoms with Gasteiger partial charge in [-0.1, -0.05) is 0 Å². The Morgan fingerprint density at radius 3 is 2.07 bits per heavy atom. The molecule has 0 fully saturated rings. The molecule has 0 heterocycles. The lowest BCUT2D eigenvalue weighted by atomic mass is 10.3. The van der Waals surface area contributed by atoms with Gasteiger partial charge in [0.25, 0.3) is 0 Å². The molecular weight excluding hydrogens is 220 g/mol. The molecule has 6 heteroatoms. The molecule has 0 amide bonds. The Bertz CT molecular complexity index is 377. The molecule has 0 aliphatic rings. The van der Waals surface area contributed by atoms with Crippen molar-refractivity contribution in [3.05, 3.63) is 12.1 Å². The third kappa shape index (κ3) is 2.21. The molecule has 0 N–H and O–H groups in total. The molecule has 0 aliphatic heterocycles. The van der Waals surface area contributed by atoms with Crippen molar-refractivity contribution >= 4 is 11.1 Å². The van der Waals surface area contributed by atoms with Crippen molar-refractivity contribution in [3.63, 3.8) is 0 Å². The summed E-state index contributed by atoms with van der Waals surface area (Å²) in [6, 6.07) is 2.90. The van der Waals surface area contributed by atoms with E-state index in [1.165, 1.54) is 33.5 Å². The van der Waals surface area contributed by atoms with Crippen LogP contribution < -0.4 is 14.2 Å². The molecule has 0 spiro atoms. The maximum atomic E-state index is 10.9. The summed E-state index contributed by atoms with van der Waals surface area (Å²) in [6.45, 7) is 0. The van der Waals surface area contributed by atoms with Crippen molar-refractivity contribution in [1.82, 2.24) is 0 Å². The van der Waals surface area contributed by atoms with Crippen LogP contribution in [0.1, 0.15) is 0 Å². The number of hydrogen-bond acceptors (Lipinski definition) is 5. The number of methoxy groups -OCH3 is 3. The molecule has 0 saturated heterocycles. The van der Waals surface area contributed by atoms with Gasteiger partial charge in [-0.2, -0.15) is 0 Å². The van der Waals surface area contributed by atoms with Gasteiger partial charge in [-0.15, -0.1) is 0 Å². The van der Waals surface area contributed by atoms with E-state index in [0.717, 1.165) is 0 Å². The summed E-state index contributed by atoms with van der Waals surface area (Å²) in [5.41, 5.74) is 0. The Morgan fingerprint density at radius 1 is 1.07 bits per heavy atom. The standard InChI is InChI=1S/C9H12O5S/c1-12-6-4-5-7(15(10)11)9(14-3)8(6)13-2/h4-5H,1-3H3,(H,10,11)/p-1. The summed E-state index contributed by atoms with van der Waals surface area (Å²) in [5.74, 6) is 0.829. The molecule has 1 aromatic carbocycles. The van der Waals surface area contributed by atoms with Gasteiger partial charge in [0, 0.05) is 0 Å². The number of benzene rings is 1. The van der Waals surface area contributed by atoms with Crippen molar-refractivity contribution in [3.8, 4) is 17.2 Å². The zero-order valence-corrected chi connectivity index (χ0v) is 9.42. The van der Waals surface area contributed by atoms with Gasteiger partial charge in [-0.25, -0.2) is 0 Å². The van der Waals surface area contributed by atoms with Gasteiger partial charge in [-0.3, -0.25) is 4.21 Å². The predicted octanol–water partition coefficient (Wildman–Crippen LogP) is 0.950. The maximum Gasteiger partial charge on any atom is 0.204 e. The first kappa shape index (κ1) is 11.8. The van der Waals surface area contributed by atoms with Crippen LogP contribution in [0.15, 0.2) is 17.0 Å². The lowest BCUT2D eigenvalue weighted by molar-refractivity contribution is 0.318. The Balaban J connectivity index is 3.40. The van der Waals surface area contributed by atoms with Crippen LogP contribution in [0.3, 0.4) is 0 Å². The molecular formula is C9H11O5S-. The summed E-state index contributed by atoms with van der Waals surface area (Å²) in [5, 5.41) is 0. The number of rotatable bonds is 4. The second kappa shape index (κ2) is 4.99. The van der Waals surface area contributed by atoms with E-state index in [0.29, 0.717) is 5.75 Å². The Morgan fingerprint density at radius 2 is 1.67 bits per heavy atom. The van der Waals surface area contributed by atoms with E-state index in [2.05, 4.69) is 0 Å². The van der Waals surface area contributed by atoms with Crippen molar-refractivity contribution in [2.24, 2.45) is 0 Å². The molecule has 1 unspecified atom stereocenters.